The normalized spacial score (nSPS) is 17.5. The maximum Gasteiger partial charge on any atom is 0.294 e. The second-order valence-corrected chi connectivity index (χ2v) is 4.85. The third kappa shape index (κ3) is 2.58. The van der Waals surface area contributed by atoms with Crippen molar-refractivity contribution in [2.24, 2.45) is 5.92 Å². The Morgan fingerprint density at radius 1 is 1.36 bits per heavy atom. The highest BCUT2D eigenvalue weighted by atomic mass is 35.5. The van der Waals surface area contributed by atoms with Gasteiger partial charge >= 0.3 is 0 Å². The molecule has 1 aliphatic carbocycles. The maximum absolute atomic E-state index is 5.62. The van der Waals surface area contributed by atoms with Gasteiger partial charge in [0.05, 0.1) is 12.5 Å². The molecule has 0 atom stereocenters. The molecule has 5 heteroatoms. The van der Waals surface area contributed by atoms with E-state index >= 15 is 0 Å². The lowest BCUT2D eigenvalue weighted by Gasteiger charge is -2.07. The van der Waals surface area contributed by atoms with Crippen molar-refractivity contribution in [3.63, 3.8) is 0 Å². The Kier molecular flexibility index (Phi) is 3.59. The summed E-state index contributed by atoms with van der Waals surface area (Å²) >= 11 is 7.06. The van der Waals surface area contributed by atoms with Gasteiger partial charge in [-0.3, -0.25) is 0 Å². The third-order valence-corrected chi connectivity index (χ3v) is 3.73. The third-order valence-electron chi connectivity index (χ3n) is 2.48. The topological polar surface area (TPSA) is 35.0 Å². The van der Waals surface area contributed by atoms with Crippen LogP contribution in [0.1, 0.15) is 30.7 Å². The molecule has 14 heavy (non-hydrogen) atoms. The molecule has 1 aromatic rings. The van der Waals surface area contributed by atoms with E-state index < -0.39 is 0 Å². The molecule has 0 amide bonds. The number of halogens is 1. The number of aromatic nitrogens is 2. The van der Waals surface area contributed by atoms with Gasteiger partial charge in [0.25, 0.3) is 5.19 Å². The first-order valence-electron chi connectivity index (χ1n) is 4.89. The predicted octanol–water partition coefficient (Wildman–Crippen LogP) is 2.85. The summed E-state index contributed by atoms with van der Waals surface area (Å²) in [6.07, 6.45) is 5.27. The summed E-state index contributed by atoms with van der Waals surface area (Å²) in [5.74, 6) is 1.14. The lowest BCUT2D eigenvalue weighted by molar-refractivity contribution is 0.249. The van der Waals surface area contributed by atoms with E-state index in [-0.39, 0.29) is 0 Å². The van der Waals surface area contributed by atoms with Gasteiger partial charge in [0.2, 0.25) is 0 Å². The van der Waals surface area contributed by atoms with Crippen LogP contribution in [0.25, 0.3) is 0 Å². The first-order chi connectivity index (χ1) is 6.88. The summed E-state index contributed by atoms with van der Waals surface area (Å²) in [6, 6.07) is 0. The zero-order valence-electron chi connectivity index (χ0n) is 7.91. The van der Waals surface area contributed by atoms with Gasteiger partial charge in [0, 0.05) is 0 Å². The number of alkyl halides is 1. The molecular formula is C9H13ClN2OS. The number of hydrogen-bond acceptors (Lipinski definition) is 4. The smallest absolute Gasteiger partial charge is 0.294 e. The number of hydrogen-bond donors (Lipinski definition) is 0. The SMILES string of the molecule is ClCc1nnc(OCC2CCCC2)s1. The average molecular weight is 233 g/mol. The number of nitrogens with zero attached hydrogens (tertiary/aromatic N) is 2. The van der Waals surface area contributed by atoms with Crippen LogP contribution < -0.4 is 4.74 Å². The molecule has 2 rings (SSSR count). The first-order valence-corrected chi connectivity index (χ1v) is 6.24. The molecule has 1 heterocycles. The van der Waals surface area contributed by atoms with E-state index in [9.17, 15) is 0 Å². The molecule has 0 bridgehead atoms. The van der Waals surface area contributed by atoms with Crippen molar-refractivity contribution < 1.29 is 4.74 Å². The fourth-order valence-electron chi connectivity index (χ4n) is 1.72. The van der Waals surface area contributed by atoms with E-state index in [0.29, 0.717) is 11.1 Å². The van der Waals surface area contributed by atoms with Crippen molar-refractivity contribution in [2.45, 2.75) is 31.6 Å². The van der Waals surface area contributed by atoms with E-state index in [1.807, 2.05) is 0 Å². The molecule has 0 aliphatic heterocycles. The Hall–Kier alpha value is -0.350. The fourth-order valence-corrected chi connectivity index (χ4v) is 2.48. The van der Waals surface area contributed by atoms with Crippen molar-refractivity contribution in [3.8, 4) is 5.19 Å². The highest BCUT2D eigenvalue weighted by Crippen LogP contribution is 2.26. The monoisotopic (exact) mass is 232 g/mol. The Morgan fingerprint density at radius 2 is 2.14 bits per heavy atom. The molecule has 0 aromatic carbocycles. The van der Waals surface area contributed by atoms with E-state index in [4.69, 9.17) is 16.3 Å². The average Bonchev–Trinajstić information content (AvgIpc) is 2.86. The van der Waals surface area contributed by atoms with Gasteiger partial charge in [0.15, 0.2) is 0 Å². The standard InChI is InChI=1S/C9H13ClN2OS/c10-5-8-11-12-9(14-8)13-6-7-3-1-2-4-7/h7H,1-6H2. The van der Waals surface area contributed by atoms with Crippen LogP contribution in [0.2, 0.25) is 0 Å². The van der Waals surface area contributed by atoms with Crippen LogP contribution in [-0.2, 0) is 5.88 Å². The minimum absolute atomic E-state index is 0.421. The molecule has 0 radical (unpaired) electrons. The van der Waals surface area contributed by atoms with Crippen LogP contribution in [-0.4, -0.2) is 16.8 Å². The first kappa shape index (κ1) is 10.2. The molecule has 3 nitrogen and oxygen atoms in total. The van der Waals surface area contributed by atoms with E-state index in [1.165, 1.54) is 37.0 Å². The molecule has 1 aliphatic rings. The molecule has 78 valence electrons. The van der Waals surface area contributed by atoms with Crippen LogP contribution in [0.4, 0.5) is 0 Å². The van der Waals surface area contributed by atoms with Crippen molar-refractivity contribution in [1.82, 2.24) is 10.2 Å². The summed E-state index contributed by atoms with van der Waals surface area (Å²) in [7, 11) is 0. The van der Waals surface area contributed by atoms with Gasteiger partial charge in [-0.1, -0.05) is 24.2 Å². The fraction of sp³-hybridized carbons (Fsp3) is 0.778. The van der Waals surface area contributed by atoms with Gasteiger partial charge in [-0.15, -0.1) is 21.8 Å². The quantitative estimate of drug-likeness (QED) is 0.749. The molecule has 1 fully saturated rings. The molecule has 0 N–H and O–H groups in total. The molecule has 0 saturated heterocycles. The van der Waals surface area contributed by atoms with E-state index in [1.54, 1.807) is 0 Å². The lowest BCUT2D eigenvalue weighted by atomic mass is 10.1. The predicted molar refractivity (Wildman–Crippen MR) is 56.9 cm³/mol. The maximum atomic E-state index is 5.62. The Bertz CT molecular complexity index is 286. The van der Waals surface area contributed by atoms with Crippen LogP contribution in [0.5, 0.6) is 5.19 Å². The lowest BCUT2D eigenvalue weighted by Crippen LogP contribution is -2.07. The van der Waals surface area contributed by atoms with Gasteiger partial charge in [-0.05, 0) is 18.8 Å². The van der Waals surface area contributed by atoms with Gasteiger partial charge in [-0.2, -0.15) is 0 Å². The summed E-state index contributed by atoms with van der Waals surface area (Å²) in [5.41, 5.74) is 0. The minimum Gasteiger partial charge on any atom is -0.469 e. The van der Waals surface area contributed by atoms with Crippen LogP contribution in [0, 0.1) is 5.92 Å². The number of rotatable bonds is 4. The second kappa shape index (κ2) is 4.94. The summed E-state index contributed by atoms with van der Waals surface area (Å²) in [6.45, 7) is 0.789. The summed E-state index contributed by atoms with van der Waals surface area (Å²) in [4.78, 5) is 0. The van der Waals surface area contributed by atoms with Gasteiger partial charge < -0.3 is 4.74 Å². The van der Waals surface area contributed by atoms with Crippen LogP contribution in [0.15, 0.2) is 0 Å². The zero-order valence-corrected chi connectivity index (χ0v) is 9.48. The van der Waals surface area contributed by atoms with Crippen molar-refractivity contribution in [2.75, 3.05) is 6.61 Å². The van der Waals surface area contributed by atoms with Gasteiger partial charge in [-0.25, -0.2) is 0 Å². The number of ether oxygens (including phenoxy) is 1. The summed E-state index contributed by atoms with van der Waals surface area (Å²) < 4.78 is 5.56. The Morgan fingerprint density at radius 3 is 2.79 bits per heavy atom. The molecular weight excluding hydrogens is 220 g/mol. The zero-order chi connectivity index (χ0) is 9.80. The Balaban J connectivity index is 1.79. The summed E-state index contributed by atoms with van der Waals surface area (Å²) in [5, 5.41) is 9.29. The Labute approximate surface area is 92.4 Å². The van der Waals surface area contributed by atoms with Crippen LogP contribution >= 0.6 is 22.9 Å². The highest BCUT2D eigenvalue weighted by molar-refractivity contribution is 7.13. The minimum atomic E-state index is 0.421. The molecule has 1 aromatic heterocycles. The highest BCUT2D eigenvalue weighted by Gasteiger charge is 2.16. The molecule has 0 unspecified atom stereocenters. The van der Waals surface area contributed by atoms with Gasteiger partial charge in [0.1, 0.15) is 5.01 Å². The van der Waals surface area contributed by atoms with E-state index in [2.05, 4.69) is 10.2 Å². The van der Waals surface area contributed by atoms with Crippen LogP contribution in [0.3, 0.4) is 0 Å². The van der Waals surface area contributed by atoms with Crippen molar-refractivity contribution >= 4 is 22.9 Å². The van der Waals surface area contributed by atoms with Crippen molar-refractivity contribution in [3.05, 3.63) is 5.01 Å². The molecule has 0 spiro atoms. The van der Waals surface area contributed by atoms with E-state index in [0.717, 1.165) is 17.5 Å². The van der Waals surface area contributed by atoms with Crippen molar-refractivity contribution in [1.29, 1.82) is 0 Å². The second-order valence-electron chi connectivity index (χ2n) is 3.56. The molecule has 1 saturated carbocycles. The largest absolute Gasteiger partial charge is 0.469 e.